The normalized spacial score (nSPS) is 18.1. The second-order valence-corrected chi connectivity index (χ2v) is 5.16. The van der Waals surface area contributed by atoms with Gasteiger partial charge in [0.2, 0.25) is 0 Å². The molecule has 4 nitrogen and oxygen atoms in total. The Morgan fingerprint density at radius 2 is 2.38 bits per heavy atom. The van der Waals surface area contributed by atoms with E-state index in [2.05, 4.69) is 33.1 Å². The Morgan fingerprint density at radius 1 is 1.44 bits per heavy atom. The van der Waals surface area contributed by atoms with Crippen LogP contribution in [0.5, 0.6) is 0 Å². The van der Waals surface area contributed by atoms with Crippen LogP contribution >= 0.6 is 11.8 Å². The second-order valence-electron chi connectivity index (χ2n) is 3.94. The highest BCUT2D eigenvalue weighted by atomic mass is 32.2. The van der Waals surface area contributed by atoms with Crippen molar-refractivity contribution in [2.45, 2.75) is 13.0 Å². The average molecular weight is 238 g/mol. The van der Waals surface area contributed by atoms with Gasteiger partial charge >= 0.3 is 0 Å². The summed E-state index contributed by atoms with van der Waals surface area (Å²) < 4.78 is 0. The smallest absolute Gasteiger partial charge is 0.140 e. The largest absolute Gasteiger partial charge is 0.308 e. The second kappa shape index (κ2) is 6.08. The first-order valence-electron chi connectivity index (χ1n) is 5.60. The predicted octanol–water partition coefficient (Wildman–Crippen LogP) is 1.31. The summed E-state index contributed by atoms with van der Waals surface area (Å²) in [6.45, 7) is 3.37. The van der Waals surface area contributed by atoms with Gasteiger partial charge in [-0.3, -0.25) is 4.90 Å². The van der Waals surface area contributed by atoms with Gasteiger partial charge in [-0.1, -0.05) is 0 Å². The lowest BCUT2D eigenvalue weighted by Gasteiger charge is -2.19. The molecule has 1 aromatic rings. The summed E-state index contributed by atoms with van der Waals surface area (Å²) in [4.78, 5) is 6.61. The number of hydrogen-bond acceptors (Lipinski definition) is 5. The Kier molecular flexibility index (Phi) is 4.44. The van der Waals surface area contributed by atoms with Gasteiger partial charge in [-0.2, -0.15) is 11.8 Å². The van der Waals surface area contributed by atoms with Gasteiger partial charge in [0.05, 0.1) is 0 Å². The zero-order chi connectivity index (χ0) is 11.2. The molecule has 3 N–H and O–H groups in total. The molecular weight excluding hydrogens is 220 g/mol. The summed E-state index contributed by atoms with van der Waals surface area (Å²) in [5.74, 6) is 8.62. The summed E-state index contributed by atoms with van der Waals surface area (Å²) in [5.41, 5.74) is 3.86. The third-order valence-electron chi connectivity index (χ3n) is 2.69. The number of pyridine rings is 1. The average Bonchev–Trinajstić information content (AvgIpc) is 2.58. The van der Waals surface area contributed by atoms with E-state index in [1.807, 2.05) is 6.07 Å². The number of hydrazine groups is 1. The van der Waals surface area contributed by atoms with Crippen LogP contribution in [-0.2, 0) is 6.54 Å². The molecule has 16 heavy (non-hydrogen) atoms. The van der Waals surface area contributed by atoms with Crippen molar-refractivity contribution in [3.05, 3.63) is 23.9 Å². The molecule has 0 aromatic carbocycles. The molecule has 1 saturated heterocycles. The number of hydrogen-bond donors (Lipinski definition) is 2. The Balaban J connectivity index is 1.96. The fourth-order valence-corrected chi connectivity index (χ4v) is 2.79. The van der Waals surface area contributed by atoms with Gasteiger partial charge in [0.15, 0.2) is 0 Å². The SMILES string of the molecule is NNc1cc(CN2CCCSCC2)ccn1. The van der Waals surface area contributed by atoms with E-state index in [1.165, 1.54) is 36.6 Å². The highest BCUT2D eigenvalue weighted by molar-refractivity contribution is 7.99. The number of thioether (sulfide) groups is 1. The molecule has 2 rings (SSSR count). The lowest BCUT2D eigenvalue weighted by atomic mass is 10.2. The van der Waals surface area contributed by atoms with Gasteiger partial charge in [0.25, 0.3) is 0 Å². The molecule has 88 valence electrons. The minimum atomic E-state index is 0.738. The van der Waals surface area contributed by atoms with Crippen LogP contribution in [0, 0.1) is 0 Å². The Bertz CT molecular complexity index is 324. The van der Waals surface area contributed by atoms with E-state index < -0.39 is 0 Å². The van der Waals surface area contributed by atoms with E-state index in [1.54, 1.807) is 6.20 Å². The molecule has 0 amide bonds. The molecule has 1 aliphatic rings. The number of nitrogens with one attached hydrogen (secondary N) is 1. The molecule has 5 heteroatoms. The Hall–Kier alpha value is -0.780. The maximum Gasteiger partial charge on any atom is 0.140 e. The van der Waals surface area contributed by atoms with Crippen LogP contribution < -0.4 is 11.3 Å². The quantitative estimate of drug-likeness (QED) is 0.614. The first-order valence-corrected chi connectivity index (χ1v) is 6.75. The molecule has 0 bridgehead atoms. The Labute approximate surface area is 101 Å². The molecule has 2 heterocycles. The monoisotopic (exact) mass is 238 g/mol. The number of anilines is 1. The molecular formula is C11H18N4S. The van der Waals surface area contributed by atoms with Crippen molar-refractivity contribution < 1.29 is 0 Å². The summed E-state index contributed by atoms with van der Waals surface area (Å²) in [7, 11) is 0. The van der Waals surface area contributed by atoms with Gasteiger partial charge in [-0.25, -0.2) is 10.8 Å². The van der Waals surface area contributed by atoms with Gasteiger partial charge in [-0.15, -0.1) is 0 Å². The lowest BCUT2D eigenvalue weighted by molar-refractivity contribution is 0.287. The molecule has 0 aliphatic carbocycles. The Morgan fingerprint density at radius 3 is 3.25 bits per heavy atom. The first-order chi connectivity index (χ1) is 7.88. The van der Waals surface area contributed by atoms with Gasteiger partial charge in [0.1, 0.15) is 5.82 Å². The minimum absolute atomic E-state index is 0.738. The molecule has 0 radical (unpaired) electrons. The van der Waals surface area contributed by atoms with Gasteiger partial charge < -0.3 is 5.43 Å². The number of rotatable bonds is 3. The molecule has 0 unspecified atom stereocenters. The number of nitrogen functional groups attached to an aromatic ring is 1. The molecule has 1 fully saturated rings. The summed E-state index contributed by atoms with van der Waals surface area (Å²) in [5, 5.41) is 0. The maximum absolute atomic E-state index is 5.35. The zero-order valence-electron chi connectivity index (χ0n) is 9.35. The molecule has 1 aromatic heterocycles. The van der Waals surface area contributed by atoms with Crippen molar-refractivity contribution in [2.75, 3.05) is 30.0 Å². The van der Waals surface area contributed by atoms with Crippen LogP contribution in [-0.4, -0.2) is 34.5 Å². The van der Waals surface area contributed by atoms with Crippen molar-refractivity contribution in [3.8, 4) is 0 Å². The topological polar surface area (TPSA) is 54.2 Å². The van der Waals surface area contributed by atoms with Crippen LogP contribution in [0.3, 0.4) is 0 Å². The standard InChI is InChI=1S/C11H18N4S/c12-14-11-8-10(2-3-13-11)9-15-4-1-6-16-7-5-15/h2-3,8H,1,4-7,9,12H2,(H,13,14). The zero-order valence-corrected chi connectivity index (χ0v) is 10.2. The highest BCUT2D eigenvalue weighted by Gasteiger charge is 2.09. The lowest BCUT2D eigenvalue weighted by Crippen LogP contribution is -2.25. The predicted molar refractivity (Wildman–Crippen MR) is 69.3 cm³/mol. The van der Waals surface area contributed by atoms with Crippen molar-refractivity contribution in [1.29, 1.82) is 0 Å². The van der Waals surface area contributed by atoms with E-state index >= 15 is 0 Å². The van der Waals surface area contributed by atoms with Crippen LogP contribution in [0.15, 0.2) is 18.3 Å². The van der Waals surface area contributed by atoms with E-state index in [0.29, 0.717) is 0 Å². The van der Waals surface area contributed by atoms with Gasteiger partial charge in [0, 0.05) is 25.0 Å². The first kappa shape index (κ1) is 11.7. The third-order valence-corrected chi connectivity index (χ3v) is 3.74. The van der Waals surface area contributed by atoms with Crippen LogP contribution in [0.4, 0.5) is 5.82 Å². The number of nitrogens with zero attached hydrogens (tertiary/aromatic N) is 2. The maximum atomic E-state index is 5.35. The summed E-state index contributed by atoms with van der Waals surface area (Å²) in [6, 6.07) is 4.07. The van der Waals surface area contributed by atoms with Crippen molar-refractivity contribution in [3.63, 3.8) is 0 Å². The summed E-state index contributed by atoms with van der Waals surface area (Å²) >= 11 is 2.05. The fourth-order valence-electron chi connectivity index (χ4n) is 1.87. The molecule has 0 atom stereocenters. The summed E-state index contributed by atoms with van der Waals surface area (Å²) in [6.07, 6.45) is 3.09. The van der Waals surface area contributed by atoms with E-state index in [9.17, 15) is 0 Å². The highest BCUT2D eigenvalue weighted by Crippen LogP contribution is 2.14. The number of aromatic nitrogens is 1. The van der Waals surface area contributed by atoms with Crippen LogP contribution in [0.2, 0.25) is 0 Å². The molecule has 0 spiro atoms. The third kappa shape index (κ3) is 3.37. The van der Waals surface area contributed by atoms with E-state index in [4.69, 9.17) is 5.84 Å². The molecule has 1 aliphatic heterocycles. The van der Waals surface area contributed by atoms with E-state index in [-0.39, 0.29) is 0 Å². The van der Waals surface area contributed by atoms with Crippen LogP contribution in [0.1, 0.15) is 12.0 Å². The van der Waals surface area contributed by atoms with Gasteiger partial charge in [-0.05, 0) is 36.4 Å². The van der Waals surface area contributed by atoms with Crippen molar-refractivity contribution in [2.24, 2.45) is 5.84 Å². The van der Waals surface area contributed by atoms with Crippen LogP contribution in [0.25, 0.3) is 0 Å². The van der Waals surface area contributed by atoms with E-state index in [0.717, 1.165) is 12.4 Å². The van der Waals surface area contributed by atoms with Crippen molar-refractivity contribution >= 4 is 17.6 Å². The van der Waals surface area contributed by atoms with Crippen molar-refractivity contribution in [1.82, 2.24) is 9.88 Å². The fraction of sp³-hybridized carbons (Fsp3) is 0.545. The minimum Gasteiger partial charge on any atom is -0.308 e. The molecule has 0 saturated carbocycles. The number of nitrogens with two attached hydrogens (primary N) is 1.